The molecule has 3 heterocycles. The van der Waals surface area contributed by atoms with Crippen LogP contribution in [0.15, 0.2) is 70.0 Å². The molecule has 2 fully saturated rings. The zero-order valence-corrected chi connectivity index (χ0v) is 25.4. The monoisotopic (exact) mass is 630 g/mol. The first kappa shape index (κ1) is 29.8. The number of anilines is 1. The Labute approximate surface area is 263 Å². The van der Waals surface area contributed by atoms with Gasteiger partial charge in [0, 0.05) is 31.7 Å². The van der Waals surface area contributed by atoms with E-state index in [9.17, 15) is 9.59 Å². The van der Waals surface area contributed by atoms with Crippen LogP contribution in [-0.2, 0) is 16.0 Å². The highest BCUT2D eigenvalue weighted by atomic mass is 32.2. The normalized spacial score (nSPS) is 16.7. The summed E-state index contributed by atoms with van der Waals surface area (Å²) in [4.78, 5) is 33.2. The number of thiocarbonyl (C=S) groups is 1. The molecule has 12 heteroatoms. The third-order valence-electron chi connectivity index (χ3n) is 7.48. The summed E-state index contributed by atoms with van der Waals surface area (Å²) in [6.45, 7) is 4.93. The van der Waals surface area contributed by atoms with Crippen molar-refractivity contribution in [1.82, 2.24) is 14.8 Å². The third kappa shape index (κ3) is 6.78. The van der Waals surface area contributed by atoms with Gasteiger partial charge in [-0.3, -0.25) is 14.6 Å². The summed E-state index contributed by atoms with van der Waals surface area (Å²) in [6, 6.07) is 18.3. The van der Waals surface area contributed by atoms with E-state index in [2.05, 4.69) is 9.88 Å². The fourth-order valence-electron chi connectivity index (χ4n) is 5.11. The molecule has 3 aromatic carbocycles. The van der Waals surface area contributed by atoms with E-state index in [1.807, 2.05) is 42.5 Å². The van der Waals surface area contributed by atoms with E-state index >= 15 is 0 Å². The standard InChI is InChI=1S/C32H30N4O6S2/c33-31-34-25-19-23(6-8-27(25)42-31)24-17-21(3-7-26(24)41-16-13-35-11-14-40-15-12-35)18-28-29(37)36(32(43)44-28)10-9-20-1-4-22(5-2-20)30(38)39/h1-8,17-19H,9-16H2,(H2,33,34)(H,38,39). The molecule has 0 bridgehead atoms. The van der Waals surface area contributed by atoms with Crippen LogP contribution in [0, 0.1) is 0 Å². The molecule has 44 heavy (non-hydrogen) atoms. The lowest BCUT2D eigenvalue weighted by Gasteiger charge is -2.26. The van der Waals surface area contributed by atoms with Gasteiger partial charge in [0.05, 0.1) is 23.7 Å². The summed E-state index contributed by atoms with van der Waals surface area (Å²) < 4.78 is 17.7. The maximum absolute atomic E-state index is 13.4. The molecule has 226 valence electrons. The molecule has 1 amide bonds. The van der Waals surface area contributed by atoms with Crippen LogP contribution >= 0.6 is 24.0 Å². The molecule has 3 N–H and O–H groups in total. The van der Waals surface area contributed by atoms with Gasteiger partial charge in [0.1, 0.15) is 22.2 Å². The van der Waals surface area contributed by atoms with Crippen LogP contribution in [0.4, 0.5) is 6.01 Å². The largest absolute Gasteiger partial charge is 0.492 e. The minimum atomic E-state index is -0.974. The molecule has 0 unspecified atom stereocenters. The number of nitrogen functional groups attached to an aromatic ring is 1. The molecule has 2 saturated heterocycles. The van der Waals surface area contributed by atoms with Crippen LogP contribution in [0.3, 0.4) is 0 Å². The Bertz CT molecular complexity index is 1750. The minimum Gasteiger partial charge on any atom is -0.492 e. The number of carbonyl (C=O) groups excluding carboxylic acids is 1. The van der Waals surface area contributed by atoms with Gasteiger partial charge in [-0.15, -0.1) is 0 Å². The van der Waals surface area contributed by atoms with Crippen LogP contribution in [0.25, 0.3) is 28.3 Å². The number of rotatable bonds is 10. The van der Waals surface area contributed by atoms with Crippen LogP contribution in [0.5, 0.6) is 5.75 Å². The van der Waals surface area contributed by atoms with E-state index in [-0.39, 0.29) is 17.5 Å². The van der Waals surface area contributed by atoms with Crippen molar-refractivity contribution in [1.29, 1.82) is 0 Å². The molecular weight excluding hydrogens is 601 g/mol. The highest BCUT2D eigenvalue weighted by Crippen LogP contribution is 2.37. The number of hydrogen-bond acceptors (Lipinski definition) is 10. The Kier molecular flexibility index (Phi) is 8.94. The van der Waals surface area contributed by atoms with Gasteiger partial charge in [0.25, 0.3) is 11.9 Å². The molecule has 6 rings (SSSR count). The number of aromatic nitrogens is 1. The lowest BCUT2D eigenvalue weighted by atomic mass is 10.0. The second-order valence-electron chi connectivity index (χ2n) is 10.4. The number of nitrogens with zero attached hydrogens (tertiary/aromatic N) is 3. The van der Waals surface area contributed by atoms with Crippen LogP contribution < -0.4 is 10.5 Å². The Morgan fingerprint density at radius 3 is 2.66 bits per heavy atom. The summed E-state index contributed by atoms with van der Waals surface area (Å²) in [5.74, 6) is -0.417. The van der Waals surface area contributed by atoms with E-state index in [1.54, 1.807) is 29.2 Å². The number of ether oxygens (including phenoxy) is 2. The van der Waals surface area contributed by atoms with E-state index in [1.165, 1.54) is 11.8 Å². The quantitative estimate of drug-likeness (QED) is 0.183. The lowest BCUT2D eigenvalue weighted by Crippen LogP contribution is -2.38. The number of carboxylic acids is 1. The van der Waals surface area contributed by atoms with E-state index in [0.717, 1.165) is 55.1 Å². The zero-order chi connectivity index (χ0) is 30.6. The molecule has 2 aliphatic heterocycles. The van der Waals surface area contributed by atoms with Gasteiger partial charge < -0.3 is 24.7 Å². The number of nitrogens with two attached hydrogens (primary N) is 1. The molecule has 2 aliphatic rings. The number of hydrogen-bond donors (Lipinski definition) is 2. The summed E-state index contributed by atoms with van der Waals surface area (Å²) in [5.41, 5.74) is 10.7. The first-order chi connectivity index (χ1) is 21.3. The number of carbonyl (C=O) groups is 2. The number of amides is 1. The predicted molar refractivity (Wildman–Crippen MR) is 174 cm³/mol. The van der Waals surface area contributed by atoms with Gasteiger partial charge in [-0.05, 0) is 65.6 Å². The van der Waals surface area contributed by atoms with Crippen molar-refractivity contribution in [3.63, 3.8) is 0 Å². The molecule has 0 saturated carbocycles. The topological polar surface area (TPSA) is 131 Å². The van der Waals surface area contributed by atoms with Gasteiger partial charge in [0.15, 0.2) is 5.58 Å². The number of fused-ring (bicyclic) bond motifs is 1. The number of morpholine rings is 1. The number of aromatic carboxylic acids is 1. The summed E-state index contributed by atoms with van der Waals surface area (Å²) >= 11 is 6.81. The Morgan fingerprint density at radius 1 is 1.09 bits per heavy atom. The summed E-state index contributed by atoms with van der Waals surface area (Å²) in [7, 11) is 0. The van der Waals surface area contributed by atoms with E-state index in [4.69, 9.17) is 36.9 Å². The number of benzene rings is 3. The van der Waals surface area contributed by atoms with Crippen molar-refractivity contribution in [2.75, 3.05) is 51.7 Å². The van der Waals surface area contributed by atoms with Crippen molar-refractivity contribution >= 4 is 63.4 Å². The number of carboxylic acid groups (broad SMARTS) is 1. The van der Waals surface area contributed by atoms with Crippen molar-refractivity contribution in [3.05, 3.63) is 82.3 Å². The average Bonchev–Trinajstić information content (AvgIpc) is 3.53. The highest BCUT2D eigenvalue weighted by molar-refractivity contribution is 8.26. The second-order valence-corrected chi connectivity index (χ2v) is 12.1. The van der Waals surface area contributed by atoms with E-state index in [0.29, 0.717) is 45.6 Å². The van der Waals surface area contributed by atoms with Crippen molar-refractivity contribution < 1.29 is 28.6 Å². The van der Waals surface area contributed by atoms with Gasteiger partial charge in [-0.2, -0.15) is 4.98 Å². The smallest absolute Gasteiger partial charge is 0.335 e. The highest BCUT2D eigenvalue weighted by Gasteiger charge is 2.31. The van der Waals surface area contributed by atoms with Gasteiger partial charge >= 0.3 is 5.97 Å². The van der Waals surface area contributed by atoms with Crippen LogP contribution in [-0.4, -0.2) is 82.1 Å². The fraction of sp³-hybridized carbons (Fsp3) is 0.250. The molecule has 0 spiro atoms. The maximum atomic E-state index is 13.4. The average molecular weight is 631 g/mol. The van der Waals surface area contributed by atoms with Gasteiger partial charge in [-0.1, -0.05) is 48.2 Å². The number of oxazole rings is 1. The molecule has 0 atom stereocenters. The molecule has 4 aromatic rings. The van der Waals surface area contributed by atoms with Crippen molar-refractivity contribution in [2.24, 2.45) is 0 Å². The molecule has 0 aliphatic carbocycles. The Balaban J connectivity index is 1.21. The number of thioether (sulfide) groups is 1. The van der Waals surface area contributed by atoms with Crippen LogP contribution in [0.1, 0.15) is 21.5 Å². The van der Waals surface area contributed by atoms with Crippen LogP contribution in [0.2, 0.25) is 0 Å². The van der Waals surface area contributed by atoms with Gasteiger partial charge in [0.2, 0.25) is 0 Å². The molecule has 0 radical (unpaired) electrons. The Morgan fingerprint density at radius 2 is 1.89 bits per heavy atom. The second kappa shape index (κ2) is 13.2. The molecule has 10 nitrogen and oxygen atoms in total. The Hall–Kier alpha value is -4.23. The zero-order valence-electron chi connectivity index (χ0n) is 23.7. The fourth-order valence-corrected chi connectivity index (χ4v) is 6.42. The third-order valence-corrected chi connectivity index (χ3v) is 8.86. The lowest BCUT2D eigenvalue weighted by molar-refractivity contribution is -0.122. The van der Waals surface area contributed by atoms with E-state index < -0.39 is 5.97 Å². The maximum Gasteiger partial charge on any atom is 0.335 e. The predicted octanol–water partition coefficient (Wildman–Crippen LogP) is 4.93. The molecular formula is C32H30N4O6S2. The van der Waals surface area contributed by atoms with Crippen molar-refractivity contribution in [3.8, 4) is 16.9 Å². The summed E-state index contributed by atoms with van der Waals surface area (Å²) in [6.07, 6.45) is 2.39. The van der Waals surface area contributed by atoms with Crippen molar-refractivity contribution in [2.45, 2.75) is 6.42 Å². The first-order valence-electron chi connectivity index (χ1n) is 14.1. The SMILES string of the molecule is Nc1nc2cc(-c3cc(C=C4SC(=S)N(CCc5ccc(C(=O)O)cc5)C4=O)ccc3OCCN3CCOCC3)ccc2o1. The minimum absolute atomic E-state index is 0.104. The van der Waals surface area contributed by atoms with Gasteiger partial charge in [-0.25, -0.2) is 4.79 Å². The summed E-state index contributed by atoms with van der Waals surface area (Å²) in [5, 5.41) is 9.12. The molecule has 1 aromatic heterocycles. The first-order valence-corrected chi connectivity index (χ1v) is 15.4.